The van der Waals surface area contributed by atoms with Gasteiger partial charge in [0.15, 0.2) is 0 Å². The second kappa shape index (κ2) is 10.7. The molecule has 2 aromatic heterocycles. The Morgan fingerprint density at radius 2 is 1.79 bits per heavy atom. The number of hydrogen-bond donors (Lipinski definition) is 3. The van der Waals surface area contributed by atoms with Crippen molar-refractivity contribution in [1.82, 2.24) is 14.5 Å². The highest BCUT2D eigenvalue weighted by Gasteiger charge is 2.20. The van der Waals surface area contributed by atoms with Crippen molar-refractivity contribution in [3.8, 4) is 10.6 Å². The number of thiazole rings is 1. The molecule has 0 aliphatic heterocycles. The number of benzene rings is 2. The summed E-state index contributed by atoms with van der Waals surface area (Å²) in [5.74, 6) is -0.403. The van der Waals surface area contributed by atoms with E-state index in [1.165, 1.54) is 29.2 Å². The summed E-state index contributed by atoms with van der Waals surface area (Å²) in [6, 6.07) is 19.0. The Morgan fingerprint density at radius 3 is 2.50 bits per heavy atom. The Kier molecular flexibility index (Phi) is 7.31. The molecule has 10 heteroatoms. The van der Waals surface area contributed by atoms with Gasteiger partial charge in [0, 0.05) is 19.2 Å². The summed E-state index contributed by atoms with van der Waals surface area (Å²) in [5, 5.41) is 6.49. The van der Waals surface area contributed by atoms with E-state index in [4.69, 9.17) is 4.74 Å². The van der Waals surface area contributed by atoms with Crippen molar-refractivity contribution in [2.75, 3.05) is 24.4 Å². The van der Waals surface area contributed by atoms with Crippen LogP contribution in [0.15, 0.2) is 76.4 Å². The van der Waals surface area contributed by atoms with Crippen LogP contribution in [-0.4, -0.2) is 34.2 Å². The summed E-state index contributed by atoms with van der Waals surface area (Å²) in [7, 11) is 1.51. The van der Waals surface area contributed by atoms with Gasteiger partial charge in [-0.05, 0) is 5.56 Å². The minimum atomic E-state index is -0.642. The zero-order valence-electron chi connectivity index (χ0n) is 18.4. The van der Waals surface area contributed by atoms with E-state index >= 15 is 0 Å². The van der Waals surface area contributed by atoms with Gasteiger partial charge in [0.1, 0.15) is 21.4 Å². The average molecular weight is 478 g/mol. The molecular formula is C24H23N5O4S. The van der Waals surface area contributed by atoms with Crippen LogP contribution in [0.2, 0.25) is 0 Å². The first kappa shape index (κ1) is 23.1. The van der Waals surface area contributed by atoms with Crippen LogP contribution < -0.4 is 21.9 Å². The van der Waals surface area contributed by atoms with E-state index in [1.807, 2.05) is 60.7 Å². The molecule has 2 heterocycles. The average Bonchev–Trinajstić information content (AvgIpc) is 3.35. The number of methoxy groups -OCH3 is 1. The lowest BCUT2D eigenvalue weighted by Gasteiger charge is -2.17. The smallest absolute Gasteiger partial charge is 0.330 e. The van der Waals surface area contributed by atoms with Gasteiger partial charge < -0.3 is 15.4 Å². The van der Waals surface area contributed by atoms with Crippen molar-refractivity contribution >= 4 is 28.7 Å². The van der Waals surface area contributed by atoms with E-state index in [-0.39, 0.29) is 24.7 Å². The van der Waals surface area contributed by atoms with Crippen molar-refractivity contribution in [1.29, 1.82) is 0 Å². The lowest BCUT2D eigenvalue weighted by Crippen LogP contribution is -2.36. The monoisotopic (exact) mass is 477 g/mol. The van der Waals surface area contributed by atoms with Crippen molar-refractivity contribution in [2.24, 2.45) is 0 Å². The summed E-state index contributed by atoms with van der Waals surface area (Å²) in [6.45, 7) is 0.680. The molecule has 0 radical (unpaired) electrons. The third kappa shape index (κ3) is 5.30. The molecule has 0 unspecified atom stereocenters. The maximum absolute atomic E-state index is 13.1. The molecule has 2 aromatic carbocycles. The van der Waals surface area contributed by atoms with Gasteiger partial charge in [-0.2, -0.15) is 0 Å². The van der Waals surface area contributed by atoms with Crippen molar-refractivity contribution in [2.45, 2.75) is 13.1 Å². The standard InChI is InChI=1S/C24H23N5O4S/c1-33-13-12-29-20(19(22(31)28-24(29)32)25-14-16-8-4-2-5-9-16)27-21(30)18-15-26-23(34-18)17-10-6-3-7-11-17/h2-11,15,25H,12-14H2,1H3,(H,27,30)(H,28,31,32). The van der Waals surface area contributed by atoms with Crippen LogP contribution in [-0.2, 0) is 17.8 Å². The highest BCUT2D eigenvalue weighted by molar-refractivity contribution is 7.17. The van der Waals surface area contributed by atoms with Gasteiger partial charge in [0.2, 0.25) is 0 Å². The number of anilines is 2. The predicted octanol–water partition coefficient (Wildman–Crippen LogP) is 3.17. The molecule has 1 amide bonds. The minimum absolute atomic E-state index is 0.0707. The van der Waals surface area contributed by atoms with E-state index in [9.17, 15) is 14.4 Å². The number of ether oxygens (including phenoxy) is 1. The number of amides is 1. The Hall–Kier alpha value is -4.02. The highest BCUT2D eigenvalue weighted by Crippen LogP contribution is 2.26. The molecule has 0 aliphatic carbocycles. The largest absolute Gasteiger partial charge is 0.383 e. The maximum atomic E-state index is 13.1. The van der Waals surface area contributed by atoms with E-state index in [0.29, 0.717) is 16.4 Å². The molecule has 0 bridgehead atoms. The van der Waals surface area contributed by atoms with Crippen LogP contribution in [0.5, 0.6) is 0 Å². The second-order valence-corrected chi connectivity index (χ2v) is 8.35. The lowest BCUT2D eigenvalue weighted by molar-refractivity contribution is 0.102. The van der Waals surface area contributed by atoms with Gasteiger partial charge in [-0.3, -0.25) is 19.1 Å². The summed E-state index contributed by atoms with van der Waals surface area (Å²) >= 11 is 1.22. The quantitative estimate of drug-likeness (QED) is 0.341. The molecule has 0 fully saturated rings. The van der Waals surface area contributed by atoms with Crippen LogP contribution >= 0.6 is 11.3 Å². The van der Waals surface area contributed by atoms with Gasteiger partial charge in [0.25, 0.3) is 11.5 Å². The first-order chi connectivity index (χ1) is 16.6. The molecule has 4 rings (SSSR count). The van der Waals surface area contributed by atoms with E-state index in [1.54, 1.807) is 0 Å². The molecule has 4 aromatic rings. The molecule has 34 heavy (non-hydrogen) atoms. The fourth-order valence-electron chi connectivity index (χ4n) is 3.31. The number of hydrogen-bond acceptors (Lipinski definition) is 7. The number of carbonyl (C=O) groups is 1. The van der Waals surface area contributed by atoms with Crippen molar-refractivity contribution in [3.05, 3.63) is 98.1 Å². The first-order valence-corrected chi connectivity index (χ1v) is 11.3. The third-order valence-corrected chi connectivity index (χ3v) is 6.06. The molecule has 0 spiro atoms. The molecule has 3 N–H and O–H groups in total. The number of nitrogens with one attached hydrogen (secondary N) is 3. The lowest BCUT2D eigenvalue weighted by atomic mass is 10.2. The molecule has 9 nitrogen and oxygen atoms in total. The van der Waals surface area contributed by atoms with Gasteiger partial charge >= 0.3 is 5.69 Å². The second-order valence-electron chi connectivity index (χ2n) is 7.32. The van der Waals surface area contributed by atoms with Gasteiger partial charge in [-0.1, -0.05) is 60.7 Å². The Morgan fingerprint density at radius 1 is 1.09 bits per heavy atom. The Bertz CT molecular complexity index is 1380. The zero-order chi connectivity index (χ0) is 23.9. The van der Waals surface area contributed by atoms with Crippen LogP contribution in [0.3, 0.4) is 0 Å². The predicted molar refractivity (Wildman–Crippen MR) is 132 cm³/mol. The number of rotatable bonds is 9. The molecule has 0 aliphatic rings. The first-order valence-electron chi connectivity index (χ1n) is 10.5. The summed E-state index contributed by atoms with van der Waals surface area (Å²) in [6.07, 6.45) is 1.48. The minimum Gasteiger partial charge on any atom is -0.383 e. The van der Waals surface area contributed by atoms with E-state index < -0.39 is 17.2 Å². The van der Waals surface area contributed by atoms with Crippen LogP contribution in [0, 0.1) is 0 Å². The van der Waals surface area contributed by atoms with Crippen LogP contribution in [0.1, 0.15) is 15.2 Å². The zero-order valence-corrected chi connectivity index (χ0v) is 19.2. The van der Waals surface area contributed by atoms with Gasteiger partial charge in [-0.15, -0.1) is 11.3 Å². The Balaban J connectivity index is 1.67. The number of H-pyrrole nitrogens is 1. The molecule has 174 valence electrons. The molecular weight excluding hydrogens is 454 g/mol. The molecule has 0 saturated carbocycles. The van der Waals surface area contributed by atoms with E-state index in [0.717, 1.165) is 11.1 Å². The third-order valence-electron chi connectivity index (χ3n) is 5.01. The normalized spacial score (nSPS) is 10.7. The topological polar surface area (TPSA) is 118 Å². The highest BCUT2D eigenvalue weighted by atomic mass is 32.1. The summed E-state index contributed by atoms with van der Waals surface area (Å²) < 4.78 is 6.38. The fourth-order valence-corrected chi connectivity index (χ4v) is 4.13. The van der Waals surface area contributed by atoms with Gasteiger partial charge in [-0.25, -0.2) is 9.78 Å². The van der Waals surface area contributed by atoms with E-state index in [2.05, 4.69) is 20.6 Å². The SMILES string of the molecule is COCCn1c(NC(=O)c2cnc(-c3ccccc3)s2)c(NCc2ccccc2)c(=O)[nH]c1=O. The molecule has 0 saturated heterocycles. The number of carbonyl (C=O) groups excluding carboxylic acids is 1. The fraction of sp³-hybridized carbons (Fsp3) is 0.167. The van der Waals surface area contributed by atoms with Crippen LogP contribution in [0.25, 0.3) is 10.6 Å². The van der Waals surface area contributed by atoms with Crippen molar-refractivity contribution in [3.63, 3.8) is 0 Å². The summed E-state index contributed by atoms with van der Waals surface area (Å²) in [5.41, 5.74) is 0.644. The number of nitrogens with zero attached hydrogens (tertiary/aromatic N) is 2. The molecule has 0 atom stereocenters. The van der Waals surface area contributed by atoms with Crippen molar-refractivity contribution < 1.29 is 9.53 Å². The summed E-state index contributed by atoms with van der Waals surface area (Å²) in [4.78, 5) is 45.4. The Labute approximate surface area is 199 Å². The van der Waals surface area contributed by atoms with Gasteiger partial charge in [0.05, 0.1) is 19.3 Å². The van der Waals surface area contributed by atoms with Crippen LogP contribution in [0.4, 0.5) is 11.5 Å². The number of aromatic amines is 1. The number of aromatic nitrogens is 3. The maximum Gasteiger partial charge on any atom is 0.330 e.